The van der Waals surface area contributed by atoms with Crippen molar-refractivity contribution < 1.29 is 22.7 Å². The first kappa shape index (κ1) is 22.1. The van der Waals surface area contributed by atoms with Crippen LogP contribution in [0.2, 0.25) is 0 Å². The van der Waals surface area contributed by atoms with Gasteiger partial charge in [-0.1, -0.05) is 6.07 Å². The molecule has 1 aromatic carbocycles. The Labute approximate surface area is 190 Å². The molecule has 1 aromatic rings. The summed E-state index contributed by atoms with van der Waals surface area (Å²) >= 11 is 0. The molecular formula is C25H33NO5S. The largest absolute Gasteiger partial charge is 0.451 e. The van der Waals surface area contributed by atoms with E-state index in [-0.39, 0.29) is 21.7 Å². The summed E-state index contributed by atoms with van der Waals surface area (Å²) in [4.78, 5) is 26.6. The molecule has 174 valence electrons. The third-order valence-corrected chi connectivity index (χ3v) is 10.2. The Morgan fingerprint density at radius 1 is 1.03 bits per heavy atom. The maximum Gasteiger partial charge on any atom is 0.339 e. The Hall–Kier alpha value is -1.73. The van der Waals surface area contributed by atoms with Crippen molar-refractivity contribution in [1.29, 1.82) is 0 Å². The van der Waals surface area contributed by atoms with Gasteiger partial charge >= 0.3 is 5.97 Å². The van der Waals surface area contributed by atoms with Crippen LogP contribution in [-0.4, -0.2) is 43.7 Å². The van der Waals surface area contributed by atoms with Crippen LogP contribution < -0.4 is 0 Å². The standard InChI is InChI=1S/C25H33NO5S/c1-16-5-6-21(32(29,30)26-7-3-4-8-26)12-22(16)24(28)31-17(2)23(27)25-13-18-9-19(14-25)11-20(10-18)15-25/h5-6,12,17-20H,3-4,7-11,13-15H2,1-2H3/t17-,18?,19?,20?,25?/m0/s1. The first-order valence-electron chi connectivity index (χ1n) is 12.0. The van der Waals surface area contributed by atoms with Crippen molar-refractivity contribution in [1.82, 2.24) is 4.31 Å². The lowest BCUT2D eigenvalue weighted by atomic mass is 9.48. The van der Waals surface area contributed by atoms with Crippen LogP contribution in [0.1, 0.15) is 74.2 Å². The number of aryl methyl sites for hydroxylation is 1. The summed E-state index contributed by atoms with van der Waals surface area (Å²) in [5.41, 5.74) is 0.532. The van der Waals surface area contributed by atoms with Gasteiger partial charge in [0.1, 0.15) is 0 Å². The van der Waals surface area contributed by atoms with E-state index in [0.29, 0.717) is 36.4 Å². The summed E-state index contributed by atoms with van der Waals surface area (Å²) in [5.74, 6) is 1.36. The lowest BCUT2D eigenvalue weighted by molar-refractivity contribution is -0.152. The molecule has 0 radical (unpaired) electrons. The van der Waals surface area contributed by atoms with Crippen molar-refractivity contribution in [3.8, 4) is 0 Å². The molecule has 0 unspecified atom stereocenters. The molecule has 0 N–H and O–H groups in total. The number of hydrogen-bond acceptors (Lipinski definition) is 5. The number of carbonyl (C=O) groups excluding carboxylic acids is 2. The summed E-state index contributed by atoms with van der Waals surface area (Å²) < 4.78 is 33.0. The zero-order valence-electron chi connectivity index (χ0n) is 19.0. The fraction of sp³-hybridized carbons (Fsp3) is 0.680. The molecule has 0 aromatic heterocycles. The van der Waals surface area contributed by atoms with Crippen LogP contribution in [0.25, 0.3) is 0 Å². The minimum absolute atomic E-state index is 0.0587. The maximum absolute atomic E-state index is 13.5. The van der Waals surface area contributed by atoms with Gasteiger partial charge in [-0.3, -0.25) is 4.79 Å². The Balaban J connectivity index is 1.33. The van der Waals surface area contributed by atoms with E-state index >= 15 is 0 Å². The molecule has 1 saturated heterocycles. The van der Waals surface area contributed by atoms with E-state index in [4.69, 9.17) is 4.74 Å². The highest BCUT2D eigenvalue weighted by atomic mass is 32.2. The molecule has 1 aliphatic heterocycles. The van der Waals surface area contributed by atoms with Crippen molar-refractivity contribution >= 4 is 21.8 Å². The highest BCUT2D eigenvalue weighted by molar-refractivity contribution is 7.89. The lowest BCUT2D eigenvalue weighted by Gasteiger charge is -2.56. The van der Waals surface area contributed by atoms with Crippen LogP contribution >= 0.6 is 0 Å². The molecule has 4 aliphatic carbocycles. The number of nitrogens with zero attached hydrogens (tertiary/aromatic N) is 1. The van der Waals surface area contributed by atoms with Crippen molar-refractivity contribution in [2.24, 2.45) is 23.2 Å². The number of hydrogen-bond donors (Lipinski definition) is 0. The number of rotatable bonds is 6. The van der Waals surface area contributed by atoms with E-state index in [1.807, 2.05) is 0 Å². The van der Waals surface area contributed by atoms with Gasteiger partial charge in [-0.15, -0.1) is 0 Å². The fourth-order valence-electron chi connectivity index (χ4n) is 7.18. The summed E-state index contributed by atoms with van der Waals surface area (Å²) in [6.07, 6.45) is 7.42. The van der Waals surface area contributed by atoms with Gasteiger partial charge in [0.15, 0.2) is 11.9 Å². The topological polar surface area (TPSA) is 80.8 Å². The van der Waals surface area contributed by atoms with Gasteiger partial charge in [0.2, 0.25) is 10.0 Å². The fourth-order valence-corrected chi connectivity index (χ4v) is 8.72. The monoisotopic (exact) mass is 459 g/mol. The average molecular weight is 460 g/mol. The number of esters is 1. The Kier molecular flexibility index (Phi) is 5.48. The molecule has 4 saturated carbocycles. The zero-order chi connectivity index (χ0) is 22.7. The number of benzene rings is 1. The molecule has 0 amide bonds. The van der Waals surface area contributed by atoms with Gasteiger partial charge in [-0.2, -0.15) is 4.31 Å². The summed E-state index contributed by atoms with van der Waals surface area (Å²) in [6, 6.07) is 4.60. The third kappa shape index (κ3) is 3.71. The van der Waals surface area contributed by atoms with Crippen LogP contribution in [0.4, 0.5) is 0 Å². The van der Waals surface area contributed by atoms with Gasteiger partial charge in [0, 0.05) is 18.5 Å². The zero-order valence-corrected chi connectivity index (χ0v) is 19.8. The van der Waals surface area contributed by atoms with Gasteiger partial charge in [0.25, 0.3) is 0 Å². The van der Waals surface area contributed by atoms with Crippen molar-refractivity contribution in [3.05, 3.63) is 29.3 Å². The van der Waals surface area contributed by atoms with Crippen LogP contribution in [0.3, 0.4) is 0 Å². The average Bonchev–Trinajstić information content (AvgIpc) is 3.28. The third-order valence-electron chi connectivity index (χ3n) is 8.35. The molecule has 4 bridgehead atoms. The molecule has 6 nitrogen and oxygen atoms in total. The second-order valence-electron chi connectivity index (χ2n) is 10.7. The van der Waals surface area contributed by atoms with Crippen molar-refractivity contribution in [2.75, 3.05) is 13.1 Å². The molecule has 5 aliphatic rings. The van der Waals surface area contributed by atoms with Gasteiger partial charge in [-0.05, 0) is 101 Å². The highest BCUT2D eigenvalue weighted by Gasteiger charge is 2.55. The Morgan fingerprint density at radius 3 is 2.16 bits per heavy atom. The normalized spacial score (nSPS) is 32.8. The minimum Gasteiger partial charge on any atom is -0.451 e. The smallest absolute Gasteiger partial charge is 0.339 e. The predicted molar refractivity (Wildman–Crippen MR) is 120 cm³/mol. The van der Waals surface area contributed by atoms with E-state index in [0.717, 1.165) is 32.1 Å². The molecule has 32 heavy (non-hydrogen) atoms. The minimum atomic E-state index is -3.63. The summed E-state index contributed by atoms with van der Waals surface area (Å²) in [7, 11) is -3.63. The molecule has 6 rings (SSSR count). The number of ether oxygens (including phenoxy) is 1. The van der Waals surface area contributed by atoms with Crippen LogP contribution in [0, 0.1) is 30.1 Å². The van der Waals surface area contributed by atoms with E-state index in [1.165, 1.54) is 29.6 Å². The number of Topliss-reactive ketones (excluding diaryl/α,β-unsaturated/α-hetero) is 1. The van der Waals surface area contributed by atoms with Crippen molar-refractivity contribution in [2.45, 2.75) is 76.2 Å². The molecule has 1 heterocycles. The van der Waals surface area contributed by atoms with Gasteiger partial charge in [0.05, 0.1) is 10.5 Å². The predicted octanol–water partition coefficient (Wildman–Crippen LogP) is 4.11. The molecule has 5 fully saturated rings. The first-order chi connectivity index (χ1) is 15.2. The maximum atomic E-state index is 13.5. The van der Waals surface area contributed by atoms with E-state index in [9.17, 15) is 18.0 Å². The van der Waals surface area contributed by atoms with Crippen LogP contribution in [0.5, 0.6) is 0 Å². The molecule has 1 atom stereocenters. The molecule has 0 spiro atoms. The van der Waals surface area contributed by atoms with Crippen LogP contribution in [-0.2, 0) is 19.6 Å². The van der Waals surface area contributed by atoms with Gasteiger partial charge in [-0.25, -0.2) is 13.2 Å². The number of carbonyl (C=O) groups is 2. The highest BCUT2D eigenvalue weighted by Crippen LogP contribution is 2.60. The molecule has 7 heteroatoms. The summed E-state index contributed by atoms with van der Waals surface area (Å²) in [5, 5.41) is 0. The quantitative estimate of drug-likeness (QED) is 0.598. The van der Waals surface area contributed by atoms with E-state index in [2.05, 4.69) is 0 Å². The number of ketones is 1. The Bertz CT molecular complexity index is 1010. The van der Waals surface area contributed by atoms with Gasteiger partial charge < -0.3 is 4.74 Å². The Morgan fingerprint density at radius 2 is 1.59 bits per heavy atom. The van der Waals surface area contributed by atoms with E-state index in [1.54, 1.807) is 26.0 Å². The SMILES string of the molecule is Cc1ccc(S(=O)(=O)N2CCCC2)cc1C(=O)O[C@@H](C)C(=O)C12CC3CC(CC(C3)C1)C2. The van der Waals surface area contributed by atoms with Crippen molar-refractivity contribution in [3.63, 3.8) is 0 Å². The van der Waals surface area contributed by atoms with Crippen LogP contribution in [0.15, 0.2) is 23.1 Å². The lowest BCUT2D eigenvalue weighted by Crippen LogP contribution is -2.52. The number of sulfonamides is 1. The molecular weight excluding hydrogens is 426 g/mol. The second kappa shape index (κ2) is 7.94. The summed E-state index contributed by atoms with van der Waals surface area (Å²) in [6.45, 7) is 4.45. The first-order valence-corrected chi connectivity index (χ1v) is 13.5. The van der Waals surface area contributed by atoms with E-state index < -0.39 is 22.1 Å². The second-order valence-corrected chi connectivity index (χ2v) is 12.6.